The van der Waals surface area contributed by atoms with Gasteiger partial charge in [-0.15, -0.1) is 0 Å². The molecule has 0 bridgehead atoms. The summed E-state index contributed by atoms with van der Waals surface area (Å²) in [5, 5.41) is 8.37. The Morgan fingerprint density at radius 3 is 2.50 bits per heavy atom. The standard InChI is InChI=1S/C24H17N3O3S2/c1-29-18-12-15(13-19-21(18)30-23(25)31-19)14-20-22(28)27(17-10-6-3-7-11-17)24(32-20)26-16-8-4-2-5-9-16/h2-14,25H,1H3/b20-14-,25-23?,26-24?. The number of rotatable bonds is 4. The third-order valence-electron chi connectivity index (χ3n) is 4.76. The number of amidine groups is 1. The van der Waals surface area contributed by atoms with Gasteiger partial charge in [0.25, 0.3) is 10.8 Å². The first kappa shape index (κ1) is 20.3. The average molecular weight is 460 g/mol. The molecule has 1 fully saturated rings. The Labute approximate surface area is 192 Å². The number of anilines is 1. The fourth-order valence-corrected chi connectivity index (χ4v) is 5.10. The molecule has 5 rings (SSSR count). The summed E-state index contributed by atoms with van der Waals surface area (Å²) in [5.41, 5.74) is 2.85. The third-order valence-corrected chi connectivity index (χ3v) is 6.52. The molecule has 1 amide bonds. The number of aliphatic imine (C=N–C) groups is 1. The second-order valence-corrected chi connectivity index (χ2v) is 8.88. The number of nitrogens with zero attached hydrogens (tertiary/aromatic N) is 2. The lowest BCUT2D eigenvalue weighted by atomic mass is 10.2. The van der Waals surface area contributed by atoms with Crippen LogP contribution in [-0.4, -0.2) is 18.2 Å². The van der Waals surface area contributed by atoms with E-state index in [1.54, 1.807) is 18.1 Å². The van der Waals surface area contributed by atoms with Crippen molar-refractivity contribution in [1.82, 2.24) is 0 Å². The quantitative estimate of drug-likeness (QED) is 0.392. The number of benzene rings is 3. The first-order valence-corrected chi connectivity index (χ1v) is 11.3. The molecule has 6 nitrogen and oxygen atoms in total. The Balaban J connectivity index is 1.60. The number of fused-ring (bicyclic) bond motifs is 1. The van der Waals surface area contributed by atoms with Crippen LogP contribution in [0.25, 0.3) is 16.4 Å². The summed E-state index contributed by atoms with van der Waals surface area (Å²) in [5.74, 6) is 0.379. The van der Waals surface area contributed by atoms with E-state index >= 15 is 0 Å². The first-order valence-electron chi connectivity index (χ1n) is 9.71. The lowest BCUT2D eigenvalue weighted by molar-refractivity contribution is -0.113. The molecule has 1 aliphatic heterocycles. The SMILES string of the molecule is COc1cc(/C=C2\SC(=Nc3ccccc3)N(c3ccccc3)C2=O)cc2sc(=N)oc12. The molecule has 0 radical (unpaired) electrons. The molecule has 1 aromatic heterocycles. The summed E-state index contributed by atoms with van der Waals surface area (Å²) < 4.78 is 11.7. The van der Waals surface area contributed by atoms with Crippen molar-refractivity contribution in [2.45, 2.75) is 0 Å². The fourth-order valence-electron chi connectivity index (χ4n) is 3.34. The minimum Gasteiger partial charge on any atom is -0.493 e. The smallest absolute Gasteiger partial charge is 0.271 e. The zero-order valence-electron chi connectivity index (χ0n) is 16.9. The molecule has 32 heavy (non-hydrogen) atoms. The number of carbonyl (C=O) groups excluding carboxylic acids is 1. The molecule has 1 saturated heterocycles. The van der Waals surface area contributed by atoms with E-state index in [-0.39, 0.29) is 10.8 Å². The highest BCUT2D eigenvalue weighted by Gasteiger charge is 2.34. The van der Waals surface area contributed by atoms with Crippen LogP contribution in [0.2, 0.25) is 0 Å². The van der Waals surface area contributed by atoms with Crippen LogP contribution in [0.1, 0.15) is 5.56 Å². The second kappa shape index (κ2) is 8.49. The van der Waals surface area contributed by atoms with Crippen molar-refractivity contribution in [1.29, 1.82) is 5.41 Å². The van der Waals surface area contributed by atoms with Crippen molar-refractivity contribution in [3.05, 3.63) is 88.1 Å². The van der Waals surface area contributed by atoms with Gasteiger partial charge in [-0.3, -0.25) is 15.1 Å². The van der Waals surface area contributed by atoms with Crippen molar-refractivity contribution in [2.24, 2.45) is 4.99 Å². The summed E-state index contributed by atoms with van der Waals surface area (Å²) in [6.45, 7) is 0. The maximum atomic E-state index is 13.4. The molecule has 0 atom stereocenters. The normalized spacial score (nSPS) is 16.4. The second-order valence-electron chi connectivity index (χ2n) is 6.86. The lowest BCUT2D eigenvalue weighted by Gasteiger charge is -2.15. The Hall–Kier alpha value is -3.62. The number of carbonyl (C=O) groups is 1. The predicted molar refractivity (Wildman–Crippen MR) is 130 cm³/mol. The monoisotopic (exact) mass is 459 g/mol. The molecular weight excluding hydrogens is 442 g/mol. The van der Waals surface area contributed by atoms with E-state index in [0.29, 0.717) is 21.4 Å². The molecule has 158 valence electrons. The minimum absolute atomic E-state index is 0.0990. The summed E-state index contributed by atoms with van der Waals surface area (Å²) in [6.07, 6.45) is 1.82. The van der Waals surface area contributed by atoms with Gasteiger partial charge in [-0.05, 0) is 59.8 Å². The molecule has 0 aliphatic carbocycles. The van der Waals surface area contributed by atoms with Crippen LogP contribution in [0, 0.1) is 5.41 Å². The van der Waals surface area contributed by atoms with E-state index in [1.807, 2.05) is 72.8 Å². The molecule has 2 heterocycles. The maximum Gasteiger partial charge on any atom is 0.271 e. The van der Waals surface area contributed by atoms with Gasteiger partial charge in [-0.25, -0.2) is 4.99 Å². The van der Waals surface area contributed by atoms with E-state index in [4.69, 9.17) is 19.6 Å². The van der Waals surface area contributed by atoms with Gasteiger partial charge in [-0.2, -0.15) is 0 Å². The van der Waals surface area contributed by atoms with Gasteiger partial charge in [0, 0.05) is 0 Å². The highest BCUT2D eigenvalue weighted by molar-refractivity contribution is 8.19. The highest BCUT2D eigenvalue weighted by Crippen LogP contribution is 2.38. The van der Waals surface area contributed by atoms with Crippen molar-refractivity contribution >= 4 is 61.9 Å². The zero-order chi connectivity index (χ0) is 22.1. The van der Waals surface area contributed by atoms with Crippen molar-refractivity contribution in [3.63, 3.8) is 0 Å². The molecule has 8 heteroatoms. The van der Waals surface area contributed by atoms with Crippen LogP contribution < -0.4 is 14.5 Å². The topological polar surface area (TPSA) is 78.9 Å². The summed E-state index contributed by atoms with van der Waals surface area (Å²) in [6, 6.07) is 22.7. The molecule has 0 saturated carbocycles. The van der Waals surface area contributed by atoms with Crippen molar-refractivity contribution in [3.8, 4) is 5.75 Å². The van der Waals surface area contributed by atoms with Crippen molar-refractivity contribution in [2.75, 3.05) is 12.0 Å². The summed E-state index contributed by atoms with van der Waals surface area (Å²) in [7, 11) is 1.56. The Morgan fingerprint density at radius 2 is 1.78 bits per heavy atom. The average Bonchev–Trinajstić information content (AvgIpc) is 3.33. The van der Waals surface area contributed by atoms with Crippen LogP contribution in [-0.2, 0) is 4.79 Å². The number of ether oxygens (including phenoxy) is 1. The third kappa shape index (κ3) is 3.86. The van der Waals surface area contributed by atoms with Gasteiger partial charge in [0.05, 0.1) is 28.1 Å². The zero-order valence-corrected chi connectivity index (χ0v) is 18.6. The van der Waals surface area contributed by atoms with E-state index < -0.39 is 0 Å². The van der Waals surface area contributed by atoms with E-state index in [1.165, 1.54) is 23.1 Å². The van der Waals surface area contributed by atoms with Crippen LogP contribution in [0.5, 0.6) is 5.75 Å². The molecule has 3 aromatic carbocycles. The molecular formula is C24H17N3O3S2. The Bertz CT molecular complexity index is 1420. The number of hydrogen-bond donors (Lipinski definition) is 1. The number of nitrogens with one attached hydrogen (secondary N) is 1. The minimum atomic E-state index is -0.146. The first-order chi connectivity index (χ1) is 15.6. The van der Waals surface area contributed by atoms with Gasteiger partial charge in [-0.1, -0.05) is 47.7 Å². The largest absolute Gasteiger partial charge is 0.493 e. The maximum absolute atomic E-state index is 13.4. The number of hydrogen-bond acceptors (Lipinski definition) is 7. The van der Waals surface area contributed by atoms with Crippen LogP contribution in [0.4, 0.5) is 11.4 Å². The van der Waals surface area contributed by atoms with Crippen LogP contribution >= 0.6 is 23.1 Å². The Morgan fingerprint density at radius 1 is 1.06 bits per heavy atom. The highest BCUT2D eigenvalue weighted by atomic mass is 32.2. The van der Waals surface area contributed by atoms with E-state index in [2.05, 4.69) is 0 Å². The molecule has 0 spiro atoms. The predicted octanol–water partition coefficient (Wildman–Crippen LogP) is 5.79. The van der Waals surface area contributed by atoms with Gasteiger partial charge in [0.2, 0.25) is 0 Å². The fraction of sp³-hybridized carbons (Fsp3) is 0.0417. The van der Waals surface area contributed by atoms with E-state index in [9.17, 15) is 4.79 Å². The number of para-hydroxylation sites is 2. The lowest BCUT2D eigenvalue weighted by Crippen LogP contribution is -2.28. The van der Waals surface area contributed by atoms with Gasteiger partial charge in [0.1, 0.15) is 0 Å². The Kier molecular flexibility index (Phi) is 5.38. The number of thioether (sulfide) groups is 1. The van der Waals surface area contributed by atoms with E-state index in [0.717, 1.165) is 21.6 Å². The van der Waals surface area contributed by atoms with Gasteiger partial charge in [0.15, 0.2) is 16.5 Å². The van der Waals surface area contributed by atoms with Gasteiger partial charge >= 0.3 is 0 Å². The number of amides is 1. The van der Waals surface area contributed by atoms with Crippen molar-refractivity contribution < 1.29 is 13.9 Å². The summed E-state index contributed by atoms with van der Waals surface area (Å²) >= 11 is 2.54. The van der Waals surface area contributed by atoms with Gasteiger partial charge < -0.3 is 9.15 Å². The molecule has 4 aromatic rings. The number of methoxy groups -OCH3 is 1. The molecule has 1 aliphatic rings. The van der Waals surface area contributed by atoms with Crippen LogP contribution in [0.3, 0.4) is 0 Å². The molecule has 0 unspecified atom stereocenters. The summed E-state index contributed by atoms with van der Waals surface area (Å²) in [4.78, 5) is 20.4. The molecule has 1 N–H and O–H groups in total. The van der Waals surface area contributed by atoms with Crippen LogP contribution in [0.15, 0.2) is 87.1 Å².